The van der Waals surface area contributed by atoms with Crippen molar-refractivity contribution in [2.75, 3.05) is 26.2 Å². The van der Waals surface area contributed by atoms with E-state index in [1.807, 2.05) is 24.3 Å². The highest BCUT2D eigenvalue weighted by Crippen LogP contribution is 2.22. The summed E-state index contributed by atoms with van der Waals surface area (Å²) in [7, 11) is 0. The third kappa shape index (κ3) is 5.87. The van der Waals surface area contributed by atoms with Gasteiger partial charge in [-0.05, 0) is 62.9 Å². The van der Waals surface area contributed by atoms with Crippen molar-refractivity contribution in [2.45, 2.75) is 32.3 Å². The fourth-order valence-electron chi connectivity index (χ4n) is 3.50. The number of rotatable bonds is 7. The summed E-state index contributed by atoms with van der Waals surface area (Å²) in [6.45, 7) is 5.25. The molecule has 0 aliphatic carbocycles. The number of aliphatic hydroxyl groups is 1. The van der Waals surface area contributed by atoms with Crippen molar-refractivity contribution in [3.8, 4) is 5.75 Å². The van der Waals surface area contributed by atoms with E-state index in [4.69, 9.17) is 4.74 Å². The highest BCUT2D eigenvalue weighted by atomic mass is 16.5. The molecule has 0 bridgehead atoms. The minimum absolute atomic E-state index is 0.354. The smallest absolute Gasteiger partial charge is 0.119 e. The van der Waals surface area contributed by atoms with Crippen LogP contribution in [0, 0.1) is 12.8 Å². The number of benzene rings is 2. The zero-order valence-corrected chi connectivity index (χ0v) is 15.1. The SMILES string of the molecule is Cc1ccc(OCC(O)CN2CCC(Cc3ccccc3)CC2)cc1. The van der Waals surface area contributed by atoms with Crippen LogP contribution in [0.2, 0.25) is 0 Å². The first-order valence-corrected chi connectivity index (χ1v) is 9.33. The number of nitrogens with zero attached hydrogens (tertiary/aromatic N) is 1. The molecule has 1 aliphatic rings. The molecule has 3 heteroatoms. The van der Waals surface area contributed by atoms with Gasteiger partial charge in [0.05, 0.1) is 0 Å². The van der Waals surface area contributed by atoms with Crippen molar-refractivity contribution < 1.29 is 9.84 Å². The van der Waals surface area contributed by atoms with E-state index in [1.54, 1.807) is 0 Å². The summed E-state index contributed by atoms with van der Waals surface area (Å²) in [4.78, 5) is 2.37. The van der Waals surface area contributed by atoms with Crippen molar-refractivity contribution in [1.82, 2.24) is 4.90 Å². The monoisotopic (exact) mass is 339 g/mol. The molecule has 25 heavy (non-hydrogen) atoms. The van der Waals surface area contributed by atoms with E-state index >= 15 is 0 Å². The zero-order chi connectivity index (χ0) is 17.5. The van der Waals surface area contributed by atoms with E-state index in [1.165, 1.54) is 30.4 Å². The molecule has 3 nitrogen and oxygen atoms in total. The molecule has 3 rings (SSSR count). The summed E-state index contributed by atoms with van der Waals surface area (Å²) in [5, 5.41) is 10.3. The van der Waals surface area contributed by atoms with Gasteiger partial charge in [0.25, 0.3) is 0 Å². The third-order valence-corrected chi connectivity index (χ3v) is 5.01. The van der Waals surface area contributed by atoms with Crippen LogP contribution in [0.4, 0.5) is 0 Å². The summed E-state index contributed by atoms with van der Waals surface area (Å²) in [6, 6.07) is 18.7. The lowest BCUT2D eigenvalue weighted by atomic mass is 9.90. The Hall–Kier alpha value is -1.84. The van der Waals surface area contributed by atoms with Gasteiger partial charge in [0, 0.05) is 6.54 Å². The Labute approximate surface area is 151 Å². The van der Waals surface area contributed by atoms with Crippen LogP contribution in [0.3, 0.4) is 0 Å². The molecular formula is C22H29NO2. The van der Waals surface area contributed by atoms with Gasteiger partial charge in [-0.15, -0.1) is 0 Å². The molecule has 0 spiro atoms. The van der Waals surface area contributed by atoms with Crippen molar-refractivity contribution in [1.29, 1.82) is 0 Å². The lowest BCUT2D eigenvalue weighted by molar-refractivity contribution is 0.0550. The molecule has 1 aliphatic heterocycles. The molecule has 1 unspecified atom stereocenters. The van der Waals surface area contributed by atoms with Crippen LogP contribution >= 0.6 is 0 Å². The minimum Gasteiger partial charge on any atom is -0.491 e. The molecule has 1 saturated heterocycles. The van der Waals surface area contributed by atoms with Crippen LogP contribution < -0.4 is 4.74 Å². The topological polar surface area (TPSA) is 32.7 Å². The fourth-order valence-corrected chi connectivity index (χ4v) is 3.50. The Balaban J connectivity index is 1.36. The normalized spacial score (nSPS) is 17.4. The first-order chi connectivity index (χ1) is 12.2. The molecule has 2 aromatic rings. The lowest BCUT2D eigenvalue weighted by Gasteiger charge is -2.33. The molecule has 2 aromatic carbocycles. The molecule has 0 amide bonds. The van der Waals surface area contributed by atoms with Crippen LogP contribution in [-0.4, -0.2) is 42.4 Å². The molecule has 134 valence electrons. The van der Waals surface area contributed by atoms with Crippen LogP contribution in [0.1, 0.15) is 24.0 Å². The lowest BCUT2D eigenvalue weighted by Crippen LogP contribution is -2.41. The van der Waals surface area contributed by atoms with Crippen molar-refractivity contribution >= 4 is 0 Å². The first-order valence-electron chi connectivity index (χ1n) is 9.33. The number of likely N-dealkylation sites (tertiary alicyclic amines) is 1. The number of ether oxygens (including phenoxy) is 1. The Kier molecular flexibility index (Phi) is 6.48. The molecule has 1 N–H and O–H groups in total. The highest BCUT2D eigenvalue weighted by molar-refractivity contribution is 5.26. The van der Waals surface area contributed by atoms with E-state index in [2.05, 4.69) is 42.2 Å². The highest BCUT2D eigenvalue weighted by Gasteiger charge is 2.21. The van der Waals surface area contributed by atoms with Crippen LogP contribution in [0.25, 0.3) is 0 Å². The fraction of sp³-hybridized carbons (Fsp3) is 0.455. The van der Waals surface area contributed by atoms with Gasteiger partial charge in [0.1, 0.15) is 18.5 Å². The Morgan fingerprint density at radius 1 is 1.04 bits per heavy atom. The van der Waals surface area contributed by atoms with E-state index < -0.39 is 6.10 Å². The van der Waals surface area contributed by atoms with E-state index in [9.17, 15) is 5.11 Å². The number of aryl methyl sites for hydroxylation is 1. The number of hydrogen-bond acceptors (Lipinski definition) is 3. The Morgan fingerprint density at radius 3 is 2.40 bits per heavy atom. The van der Waals surface area contributed by atoms with Gasteiger partial charge in [-0.25, -0.2) is 0 Å². The molecule has 1 fully saturated rings. The maximum atomic E-state index is 10.3. The predicted octanol–water partition coefficient (Wildman–Crippen LogP) is 3.69. The number of hydrogen-bond donors (Lipinski definition) is 1. The number of aliphatic hydroxyl groups excluding tert-OH is 1. The summed E-state index contributed by atoms with van der Waals surface area (Å²) in [5.74, 6) is 1.59. The standard InChI is InChI=1S/C22H29NO2/c1-18-7-9-22(10-8-18)25-17-21(24)16-23-13-11-20(12-14-23)15-19-5-3-2-4-6-19/h2-10,20-21,24H,11-17H2,1H3. The third-order valence-electron chi connectivity index (χ3n) is 5.01. The van der Waals surface area contributed by atoms with Gasteiger partial charge in [0.2, 0.25) is 0 Å². The average Bonchev–Trinajstić information content (AvgIpc) is 2.64. The van der Waals surface area contributed by atoms with E-state index in [0.29, 0.717) is 13.2 Å². The molecule has 0 radical (unpaired) electrons. The first kappa shape index (κ1) is 18.0. The van der Waals surface area contributed by atoms with Gasteiger partial charge >= 0.3 is 0 Å². The van der Waals surface area contributed by atoms with Crippen LogP contribution in [0.15, 0.2) is 54.6 Å². The second kappa shape index (κ2) is 9.02. The predicted molar refractivity (Wildman–Crippen MR) is 102 cm³/mol. The van der Waals surface area contributed by atoms with Crippen molar-refractivity contribution in [3.05, 3.63) is 65.7 Å². The van der Waals surface area contributed by atoms with Crippen molar-refractivity contribution in [3.63, 3.8) is 0 Å². The second-order valence-electron chi connectivity index (χ2n) is 7.21. The Bertz CT molecular complexity index is 618. The zero-order valence-electron chi connectivity index (χ0n) is 15.1. The molecular weight excluding hydrogens is 310 g/mol. The molecule has 0 aromatic heterocycles. The maximum Gasteiger partial charge on any atom is 0.119 e. The van der Waals surface area contributed by atoms with E-state index in [0.717, 1.165) is 24.8 Å². The van der Waals surface area contributed by atoms with E-state index in [-0.39, 0.29) is 0 Å². The largest absolute Gasteiger partial charge is 0.491 e. The second-order valence-corrected chi connectivity index (χ2v) is 7.21. The Morgan fingerprint density at radius 2 is 1.72 bits per heavy atom. The number of piperidine rings is 1. The quantitative estimate of drug-likeness (QED) is 0.835. The van der Waals surface area contributed by atoms with Crippen molar-refractivity contribution in [2.24, 2.45) is 5.92 Å². The summed E-state index contributed by atoms with van der Waals surface area (Å²) in [5.41, 5.74) is 2.65. The minimum atomic E-state index is -0.438. The summed E-state index contributed by atoms with van der Waals surface area (Å²) < 4.78 is 5.69. The van der Waals surface area contributed by atoms with Gasteiger partial charge in [0.15, 0.2) is 0 Å². The maximum absolute atomic E-state index is 10.3. The average molecular weight is 339 g/mol. The molecule has 0 saturated carbocycles. The summed E-state index contributed by atoms with van der Waals surface area (Å²) >= 11 is 0. The molecule has 1 heterocycles. The molecule has 1 atom stereocenters. The van der Waals surface area contributed by atoms with Gasteiger partial charge in [-0.3, -0.25) is 0 Å². The van der Waals surface area contributed by atoms with Gasteiger partial charge in [-0.1, -0.05) is 48.0 Å². The van der Waals surface area contributed by atoms with Gasteiger partial charge in [-0.2, -0.15) is 0 Å². The number of β-amino-alcohol motifs (C(OH)–C–C–N with tert-alkyl or cyclic N) is 1. The van der Waals surface area contributed by atoms with Crippen LogP contribution in [0.5, 0.6) is 5.75 Å². The summed E-state index contributed by atoms with van der Waals surface area (Å²) in [6.07, 6.45) is 3.15. The van der Waals surface area contributed by atoms with Gasteiger partial charge < -0.3 is 14.7 Å². The van der Waals surface area contributed by atoms with Crippen LogP contribution in [-0.2, 0) is 6.42 Å².